The largest absolute Gasteiger partial charge is 0.482 e. The van der Waals surface area contributed by atoms with Gasteiger partial charge in [-0.05, 0) is 43.7 Å². The molecule has 120 valence electrons. The van der Waals surface area contributed by atoms with Gasteiger partial charge in [0.2, 0.25) is 0 Å². The van der Waals surface area contributed by atoms with Crippen molar-refractivity contribution >= 4 is 39.3 Å². The van der Waals surface area contributed by atoms with Crippen LogP contribution in [0.5, 0.6) is 11.5 Å². The van der Waals surface area contributed by atoms with Gasteiger partial charge >= 0.3 is 5.97 Å². The maximum absolute atomic E-state index is 11.9. The van der Waals surface area contributed by atoms with Gasteiger partial charge in [-0.25, -0.2) is 4.79 Å². The maximum atomic E-state index is 11.9. The molecule has 0 N–H and O–H groups in total. The molecule has 2 rings (SSSR count). The van der Waals surface area contributed by atoms with Crippen molar-refractivity contribution in [3.05, 3.63) is 57.0 Å². The summed E-state index contributed by atoms with van der Waals surface area (Å²) in [5.74, 6) is 0.0788. The van der Waals surface area contributed by atoms with Crippen LogP contribution in [0.4, 0.5) is 0 Å². The highest BCUT2D eigenvalue weighted by atomic mass is 79.9. The van der Waals surface area contributed by atoms with Crippen molar-refractivity contribution in [2.45, 2.75) is 13.8 Å². The van der Waals surface area contributed by atoms with Gasteiger partial charge in [0.1, 0.15) is 5.75 Å². The molecule has 23 heavy (non-hydrogen) atoms. The number of hydrogen-bond donors (Lipinski definition) is 0. The van der Waals surface area contributed by atoms with Crippen molar-refractivity contribution in [1.29, 1.82) is 0 Å². The predicted octanol–water partition coefficient (Wildman–Crippen LogP) is 4.60. The Morgan fingerprint density at radius 2 is 1.96 bits per heavy atom. The van der Waals surface area contributed by atoms with E-state index in [1.165, 1.54) is 6.92 Å². The van der Waals surface area contributed by atoms with E-state index in [9.17, 15) is 9.59 Å². The number of Topliss-reactive ketones (excluding diaryl/α,β-unsaturated/α-hetero) is 1. The molecular formula is C17H14BrClO4. The van der Waals surface area contributed by atoms with E-state index >= 15 is 0 Å². The van der Waals surface area contributed by atoms with E-state index in [1.807, 2.05) is 0 Å². The molecule has 0 bridgehead atoms. The van der Waals surface area contributed by atoms with E-state index < -0.39 is 5.97 Å². The molecule has 0 aromatic heterocycles. The predicted molar refractivity (Wildman–Crippen MR) is 91.5 cm³/mol. The van der Waals surface area contributed by atoms with Crippen molar-refractivity contribution in [2.75, 3.05) is 6.61 Å². The molecule has 0 atom stereocenters. The van der Waals surface area contributed by atoms with Crippen LogP contribution < -0.4 is 9.47 Å². The van der Waals surface area contributed by atoms with Crippen LogP contribution in [0.15, 0.2) is 40.9 Å². The van der Waals surface area contributed by atoms with Crippen LogP contribution in [0.1, 0.15) is 22.8 Å². The minimum absolute atomic E-state index is 0.0738. The summed E-state index contributed by atoms with van der Waals surface area (Å²) in [5.41, 5.74) is 1.25. The molecule has 0 fully saturated rings. The number of hydrogen-bond acceptors (Lipinski definition) is 4. The Hall–Kier alpha value is -1.85. The monoisotopic (exact) mass is 396 g/mol. The van der Waals surface area contributed by atoms with Crippen molar-refractivity contribution < 1.29 is 19.1 Å². The van der Waals surface area contributed by atoms with Gasteiger partial charge in [-0.2, -0.15) is 0 Å². The summed E-state index contributed by atoms with van der Waals surface area (Å²) in [7, 11) is 0. The number of carbonyl (C=O) groups excluding carboxylic acids is 2. The summed E-state index contributed by atoms with van der Waals surface area (Å²) in [6, 6.07) is 10.1. The SMILES string of the molecule is CC(=O)c1cccc(OCC(=O)Oc2c(C)cc(Br)cc2Cl)c1. The average Bonchev–Trinajstić information content (AvgIpc) is 2.49. The summed E-state index contributed by atoms with van der Waals surface area (Å²) < 4.78 is 11.4. The number of halogens is 2. The molecule has 0 aliphatic heterocycles. The average molecular weight is 398 g/mol. The molecule has 2 aromatic carbocycles. The molecule has 0 aliphatic rings. The fraction of sp³-hybridized carbons (Fsp3) is 0.176. The lowest BCUT2D eigenvalue weighted by Gasteiger charge is -2.11. The second-order valence-corrected chi connectivity index (χ2v) is 6.20. The Bertz CT molecular complexity index is 735. The zero-order valence-electron chi connectivity index (χ0n) is 12.6. The number of carbonyl (C=O) groups is 2. The van der Waals surface area contributed by atoms with E-state index in [0.717, 1.165) is 10.0 Å². The molecule has 6 heteroatoms. The van der Waals surface area contributed by atoms with E-state index in [4.69, 9.17) is 21.1 Å². The van der Waals surface area contributed by atoms with Gasteiger partial charge < -0.3 is 9.47 Å². The highest BCUT2D eigenvalue weighted by Gasteiger charge is 2.13. The van der Waals surface area contributed by atoms with Gasteiger partial charge in [0, 0.05) is 10.0 Å². The third kappa shape index (κ3) is 4.81. The number of benzene rings is 2. The van der Waals surface area contributed by atoms with Gasteiger partial charge in [-0.3, -0.25) is 4.79 Å². The Morgan fingerprint density at radius 1 is 1.22 bits per heavy atom. The molecule has 0 radical (unpaired) electrons. The molecule has 4 nitrogen and oxygen atoms in total. The van der Waals surface area contributed by atoms with Gasteiger partial charge in [0.15, 0.2) is 18.1 Å². The van der Waals surface area contributed by atoms with E-state index in [-0.39, 0.29) is 12.4 Å². The Balaban J connectivity index is 2.01. The van der Waals surface area contributed by atoms with Gasteiger partial charge in [0.05, 0.1) is 5.02 Å². The van der Waals surface area contributed by atoms with E-state index in [1.54, 1.807) is 43.3 Å². The Morgan fingerprint density at radius 3 is 2.61 bits per heavy atom. The van der Waals surface area contributed by atoms with Gasteiger partial charge in [0.25, 0.3) is 0 Å². The molecule has 2 aromatic rings. The van der Waals surface area contributed by atoms with Crippen molar-refractivity contribution in [2.24, 2.45) is 0 Å². The normalized spacial score (nSPS) is 10.3. The smallest absolute Gasteiger partial charge is 0.349 e. The van der Waals surface area contributed by atoms with Crippen LogP contribution in [-0.4, -0.2) is 18.4 Å². The number of ketones is 1. The number of esters is 1. The third-order valence-electron chi connectivity index (χ3n) is 3.01. The first-order chi connectivity index (χ1) is 10.9. The van der Waals surface area contributed by atoms with E-state index in [0.29, 0.717) is 22.1 Å². The lowest BCUT2D eigenvalue weighted by molar-refractivity contribution is -0.136. The Kier molecular flexibility index (Phi) is 5.80. The fourth-order valence-electron chi connectivity index (χ4n) is 1.91. The summed E-state index contributed by atoms with van der Waals surface area (Å²) >= 11 is 9.38. The minimum atomic E-state index is -0.578. The first-order valence-corrected chi connectivity index (χ1v) is 7.94. The maximum Gasteiger partial charge on any atom is 0.349 e. The van der Waals surface area contributed by atoms with Crippen molar-refractivity contribution in [1.82, 2.24) is 0 Å². The van der Waals surface area contributed by atoms with E-state index in [2.05, 4.69) is 15.9 Å². The van der Waals surface area contributed by atoms with Crippen LogP contribution in [0.25, 0.3) is 0 Å². The first kappa shape index (κ1) is 17.5. The van der Waals surface area contributed by atoms with Gasteiger partial charge in [-0.1, -0.05) is 39.7 Å². The number of aryl methyl sites for hydroxylation is 1. The lowest BCUT2D eigenvalue weighted by atomic mass is 10.1. The molecule has 0 amide bonds. The minimum Gasteiger partial charge on any atom is -0.482 e. The quantitative estimate of drug-likeness (QED) is 0.420. The van der Waals surface area contributed by atoms with Crippen LogP contribution >= 0.6 is 27.5 Å². The molecule has 0 unspecified atom stereocenters. The van der Waals surface area contributed by atoms with Crippen LogP contribution in [-0.2, 0) is 4.79 Å². The van der Waals surface area contributed by atoms with Crippen molar-refractivity contribution in [3.8, 4) is 11.5 Å². The summed E-state index contributed by atoms with van der Waals surface area (Å²) in [6.07, 6.45) is 0. The second kappa shape index (κ2) is 7.62. The summed E-state index contributed by atoms with van der Waals surface area (Å²) in [6.45, 7) is 2.97. The van der Waals surface area contributed by atoms with Crippen LogP contribution in [0.2, 0.25) is 5.02 Å². The first-order valence-electron chi connectivity index (χ1n) is 6.77. The summed E-state index contributed by atoms with van der Waals surface area (Å²) in [5, 5.41) is 0.337. The topological polar surface area (TPSA) is 52.6 Å². The molecular weight excluding hydrogens is 384 g/mol. The lowest BCUT2D eigenvalue weighted by Crippen LogP contribution is -2.18. The number of rotatable bonds is 5. The third-order valence-corrected chi connectivity index (χ3v) is 3.75. The molecule has 0 aliphatic carbocycles. The fourth-order valence-corrected chi connectivity index (χ4v) is 2.92. The zero-order chi connectivity index (χ0) is 17.0. The Labute approximate surface area is 147 Å². The standard InChI is InChI=1S/C17H14BrClO4/c1-10-6-13(18)8-15(19)17(10)23-16(21)9-22-14-5-3-4-12(7-14)11(2)20/h3-8H,9H2,1-2H3. The molecule has 0 heterocycles. The van der Waals surface area contributed by atoms with Crippen LogP contribution in [0.3, 0.4) is 0 Å². The summed E-state index contributed by atoms with van der Waals surface area (Å²) in [4.78, 5) is 23.2. The highest BCUT2D eigenvalue weighted by Crippen LogP contribution is 2.32. The molecule has 0 spiro atoms. The number of ether oxygens (including phenoxy) is 2. The highest BCUT2D eigenvalue weighted by molar-refractivity contribution is 9.10. The molecule has 0 saturated carbocycles. The van der Waals surface area contributed by atoms with Gasteiger partial charge in [-0.15, -0.1) is 0 Å². The molecule has 0 saturated heterocycles. The van der Waals surface area contributed by atoms with Crippen molar-refractivity contribution in [3.63, 3.8) is 0 Å². The second-order valence-electron chi connectivity index (χ2n) is 4.88. The zero-order valence-corrected chi connectivity index (χ0v) is 14.9. The van der Waals surface area contributed by atoms with Crippen LogP contribution in [0, 0.1) is 6.92 Å².